The fourth-order valence-corrected chi connectivity index (χ4v) is 4.92. The van der Waals surface area contributed by atoms with Crippen LogP contribution in [0, 0.1) is 6.92 Å². The van der Waals surface area contributed by atoms with Crippen LogP contribution in [0.2, 0.25) is 0 Å². The van der Waals surface area contributed by atoms with Gasteiger partial charge in [-0.05, 0) is 60.7 Å². The summed E-state index contributed by atoms with van der Waals surface area (Å²) in [6.45, 7) is 5.30. The molecule has 0 fully saturated rings. The molecule has 4 aromatic rings. The molecule has 5 nitrogen and oxygen atoms in total. The van der Waals surface area contributed by atoms with Gasteiger partial charge in [0.25, 0.3) is 0 Å². The number of furan rings is 1. The summed E-state index contributed by atoms with van der Waals surface area (Å²) in [5, 5.41) is 0.971. The number of amides is 1. The molecule has 5 rings (SSSR count). The summed E-state index contributed by atoms with van der Waals surface area (Å²) in [5.41, 5.74) is 7.93. The van der Waals surface area contributed by atoms with E-state index in [4.69, 9.17) is 13.9 Å². The molecule has 0 bridgehead atoms. The zero-order chi connectivity index (χ0) is 24.5. The SMILES string of the molecule is COc1cccc(-c2coc3c(C)c(OC)c(/C(C)=C/C(=O)N4CCc5ccccc5C4)cc23)c1. The first-order chi connectivity index (χ1) is 17.0. The molecule has 2 heterocycles. The number of hydrogen-bond donors (Lipinski definition) is 0. The van der Waals surface area contributed by atoms with Crippen LogP contribution in [0.15, 0.2) is 71.4 Å². The van der Waals surface area contributed by atoms with Crippen molar-refractivity contribution in [3.05, 3.63) is 89.2 Å². The van der Waals surface area contributed by atoms with Crippen molar-refractivity contribution < 1.29 is 18.7 Å². The monoisotopic (exact) mass is 467 g/mol. The van der Waals surface area contributed by atoms with Crippen molar-refractivity contribution in [3.8, 4) is 22.6 Å². The molecule has 1 aromatic heterocycles. The third-order valence-corrected chi connectivity index (χ3v) is 6.84. The molecule has 0 radical (unpaired) electrons. The second-order valence-corrected chi connectivity index (χ2v) is 8.95. The number of nitrogens with zero attached hydrogens (tertiary/aromatic N) is 1. The van der Waals surface area contributed by atoms with E-state index in [0.29, 0.717) is 6.54 Å². The number of fused-ring (bicyclic) bond motifs is 2. The fraction of sp³-hybridized carbons (Fsp3) is 0.233. The molecule has 178 valence electrons. The maximum absolute atomic E-state index is 13.2. The van der Waals surface area contributed by atoms with E-state index < -0.39 is 0 Å². The molecule has 1 amide bonds. The van der Waals surface area contributed by atoms with Gasteiger partial charge in [-0.2, -0.15) is 0 Å². The van der Waals surface area contributed by atoms with Crippen LogP contribution in [-0.4, -0.2) is 31.6 Å². The Morgan fingerprint density at radius 3 is 2.60 bits per heavy atom. The van der Waals surface area contributed by atoms with Crippen LogP contribution in [0.4, 0.5) is 0 Å². The zero-order valence-corrected chi connectivity index (χ0v) is 20.6. The van der Waals surface area contributed by atoms with Gasteiger partial charge in [-0.15, -0.1) is 0 Å². The predicted molar refractivity (Wildman–Crippen MR) is 139 cm³/mol. The van der Waals surface area contributed by atoms with Crippen LogP contribution in [0.1, 0.15) is 29.2 Å². The molecule has 35 heavy (non-hydrogen) atoms. The average Bonchev–Trinajstić information content (AvgIpc) is 3.32. The van der Waals surface area contributed by atoms with Gasteiger partial charge in [-0.25, -0.2) is 0 Å². The maximum Gasteiger partial charge on any atom is 0.247 e. The minimum Gasteiger partial charge on any atom is -0.497 e. The van der Waals surface area contributed by atoms with Gasteiger partial charge in [0.15, 0.2) is 0 Å². The van der Waals surface area contributed by atoms with Crippen molar-refractivity contribution >= 4 is 22.4 Å². The molecule has 0 aliphatic carbocycles. The number of hydrogen-bond acceptors (Lipinski definition) is 4. The van der Waals surface area contributed by atoms with Gasteiger partial charge in [-0.3, -0.25) is 4.79 Å². The maximum atomic E-state index is 13.2. The Hall–Kier alpha value is -3.99. The Kier molecular flexibility index (Phi) is 6.08. The molecular weight excluding hydrogens is 438 g/mol. The fourth-order valence-electron chi connectivity index (χ4n) is 4.92. The van der Waals surface area contributed by atoms with E-state index in [2.05, 4.69) is 24.3 Å². The van der Waals surface area contributed by atoms with Crippen molar-refractivity contribution in [1.82, 2.24) is 4.90 Å². The van der Waals surface area contributed by atoms with Crippen molar-refractivity contribution in [2.75, 3.05) is 20.8 Å². The number of rotatable bonds is 5. The van der Waals surface area contributed by atoms with Crippen LogP contribution >= 0.6 is 0 Å². The second-order valence-electron chi connectivity index (χ2n) is 8.95. The molecule has 3 aromatic carbocycles. The van der Waals surface area contributed by atoms with Crippen LogP contribution in [0.3, 0.4) is 0 Å². The van der Waals surface area contributed by atoms with E-state index in [-0.39, 0.29) is 5.91 Å². The molecule has 0 atom stereocenters. The lowest BCUT2D eigenvalue weighted by Gasteiger charge is -2.28. The topological polar surface area (TPSA) is 51.9 Å². The molecule has 0 N–H and O–H groups in total. The molecule has 5 heteroatoms. The van der Waals surface area contributed by atoms with Crippen LogP contribution < -0.4 is 9.47 Å². The largest absolute Gasteiger partial charge is 0.497 e. The smallest absolute Gasteiger partial charge is 0.247 e. The van der Waals surface area contributed by atoms with E-state index in [1.54, 1.807) is 26.6 Å². The number of allylic oxidation sites excluding steroid dienone is 1. The number of methoxy groups -OCH3 is 2. The molecule has 1 aliphatic heterocycles. The lowest BCUT2D eigenvalue weighted by Crippen LogP contribution is -2.34. The highest BCUT2D eigenvalue weighted by atomic mass is 16.5. The highest BCUT2D eigenvalue weighted by Gasteiger charge is 2.22. The summed E-state index contributed by atoms with van der Waals surface area (Å²) < 4.78 is 17.2. The summed E-state index contributed by atoms with van der Waals surface area (Å²) in [6.07, 6.45) is 4.37. The Morgan fingerprint density at radius 1 is 1.03 bits per heavy atom. The van der Waals surface area contributed by atoms with Gasteiger partial charge in [0.05, 0.1) is 20.5 Å². The number of carbonyl (C=O) groups excluding carboxylic acids is 1. The molecule has 0 saturated carbocycles. The van der Waals surface area contributed by atoms with Crippen molar-refractivity contribution in [2.45, 2.75) is 26.8 Å². The number of benzene rings is 3. The second kappa shape index (κ2) is 9.34. The van der Waals surface area contributed by atoms with E-state index in [9.17, 15) is 4.79 Å². The molecule has 1 aliphatic rings. The standard InChI is InChI=1S/C30H29NO4/c1-19(14-28(32)31-13-12-21-8-5-6-9-23(21)17-31)25-16-26-27(22-10-7-11-24(15-22)33-3)18-35-30(26)20(2)29(25)34-4/h5-11,14-16,18H,12-13,17H2,1-4H3/b19-14+. The lowest BCUT2D eigenvalue weighted by atomic mass is 9.96. The summed E-state index contributed by atoms with van der Waals surface area (Å²) >= 11 is 0. The number of carbonyl (C=O) groups is 1. The van der Waals surface area contributed by atoms with Gasteiger partial charge in [-0.1, -0.05) is 36.4 Å². The van der Waals surface area contributed by atoms with Crippen molar-refractivity contribution in [1.29, 1.82) is 0 Å². The van der Waals surface area contributed by atoms with E-state index in [1.807, 2.05) is 49.1 Å². The Morgan fingerprint density at radius 2 is 1.83 bits per heavy atom. The first-order valence-electron chi connectivity index (χ1n) is 11.8. The minimum absolute atomic E-state index is 0.0111. The Labute approximate surface area is 205 Å². The highest BCUT2D eigenvalue weighted by Crippen LogP contribution is 2.41. The van der Waals surface area contributed by atoms with Gasteiger partial charge >= 0.3 is 0 Å². The summed E-state index contributed by atoms with van der Waals surface area (Å²) in [4.78, 5) is 15.1. The van der Waals surface area contributed by atoms with Gasteiger partial charge in [0, 0.05) is 41.2 Å². The Balaban J connectivity index is 1.53. The number of ether oxygens (including phenoxy) is 2. The lowest BCUT2D eigenvalue weighted by molar-refractivity contribution is -0.126. The van der Waals surface area contributed by atoms with Crippen LogP contribution in [-0.2, 0) is 17.8 Å². The molecule has 0 spiro atoms. The van der Waals surface area contributed by atoms with E-state index >= 15 is 0 Å². The molecule has 0 saturated heterocycles. The number of aryl methyl sites for hydroxylation is 1. The third kappa shape index (κ3) is 4.18. The zero-order valence-electron chi connectivity index (χ0n) is 20.6. The van der Waals surface area contributed by atoms with E-state index in [1.165, 1.54) is 11.1 Å². The first-order valence-corrected chi connectivity index (χ1v) is 11.8. The Bertz CT molecular complexity index is 1450. The third-order valence-electron chi connectivity index (χ3n) is 6.84. The van der Waals surface area contributed by atoms with Crippen molar-refractivity contribution in [2.24, 2.45) is 0 Å². The summed E-state index contributed by atoms with van der Waals surface area (Å²) in [6, 6.07) is 18.3. The quantitative estimate of drug-likeness (QED) is 0.318. The normalized spacial score (nSPS) is 13.6. The van der Waals surface area contributed by atoms with Gasteiger partial charge in [0.1, 0.15) is 17.1 Å². The van der Waals surface area contributed by atoms with Gasteiger partial charge < -0.3 is 18.8 Å². The molecular formula is C30H29NO4. The highest BCUT2D eigenvalue weighted by molar-refractivity contribution is 6.01. The summed E-state index contributed by atoms with van der Waals surface area (Å²) in [5.74, 6) is 1.51. The predicted octanol–water partition coefficient (Wildman–Crippen LogP) is 6.41. The van der Waals surface area contributed by atoms with Crippen molar-refractivity contribution in [3.63, 3.8) is 0 Å². The first kappa shape index (κ1) is 22.8. The van der Waals surface area contributed by atoms with Gasteiger partial charge in [0.2, 0.25) is 5.91 Å². The minimum atomic E-state index is 0.0111. The van der Waals surface area contributed by atoms with E-state index in [0.717, 1.165) is 63.3 Å². The summed E-state index contributed by atoms with van der Waals surface area (Å²) in [7, 11) is 3.31. The molecule has 0 unspecified atom stereocenters. The van der Waals surface area contributed by atoms with Crippen LogP contribution in [0.25, 0.3) is 27.7 Å². The van der Waals surface area contributed by atoms with Crippen LogP contribution in [0.5, 0.6) is 11.5 Å². The average molecular weight is 468 g/mol.